The van der Waals surface area contributed by atoms with Crippen molar-refractivity contribution in [3.05, 3.63) is 40.4 Å². The number of ether oxygens (including phenoxy) is 2. The highest BCUT2D eigenvalue weighted by atomic mass is 35.5. The Labute approximate surface area is 574 Å². The van der Waals surface area contributed by atoms with Crippen molar-refractivity contribution in [1.82, 2.24) is 44.6 Å². The van der Waals surface area contributed by atoms with Gasteiger partial charge in [0.25, 0.3) is 5.91 Å². The van der Waals surface area contributed by atoms with E-state index in [9.17, 15) is 51.6 Å². The molecule has 0 unspecified atom stereocenters. The summed E-state index contributed by atoms with van der Waals surface area (Å²) in [5.74, 6) is -6.38. The molecule has 27 heteroatoms. The summed E-state index contributed by atoms with van der Waals surface area (Å²) in [7, 11) is 2.52. The summed E-state index contributed by atoms with van der Waals surface area (Å²) < 4.78 is 39.3. The van der Waals surface area contributed by atoms with E-state index in [1.54, 1.807) is 62.0 Å². The molecule has 2 fully saturated rings. The standard InChI is InChI=1S/C68H109Cl2N11O13S/c1-18-43(10)59(56(93-17)36-57(84)81-32-22-24-54(81)45(12)46(13)61(86)73-53(33-39(2)3)62(87)77-95(91,92)50-29-30-50)79(15)64(89)52(41(6)7)37-78(14)63(88)51(40(4)5)35-55(83)58(42(8)9)80(16)68(90)94-38-47-25-27-48(28-26-47)72-60(85)44(11)34-49(82)23-20-19-21-31-71-67-75-65(69)74-66(70)76-67/h25-28,39-46,50-54,56,58-59H,18-24,29-38H2,1-17H3,(H,72,85)(H,73,86)(H,77,87)(H,71,74,75,76)/t43-,44+,45+,46+,51-,52-,53-,54-,56+,58-,59-/m0/s1. The van der Waals surface area contributed by atoms with E-state index in [-0.39, 0.29) is 132 Å². The smallest absolute Gasteiger partial charge is 0.410 e. The third-order valence-corrected chi connectivity index (χ3v) is 21.0. The monoisotopic (exact) mass is 1390 g/mol. The van der Waals surface area contributed by atoms with Crippen LogP contribution in [0.25, 0.3) is 0 Å². The molecule has 1 saturated heterocycles. The van der Waals surface area contributed by atoms with Gasteiger partial charge in [0.1, 0.15) is 18.4 Å². The van der Waals surface area contributed by atoms with Crippen LogP contribution in [0.15, 0.2) is 24.3 Å². The predicted molar refractivity (Wildman–Crippen MR) is 367 cm³/mol. The molecular weight excluding hydrogens is 1280 g/mol. The van der Waals surface area contributed by atoms with Crippen LogP contribution in [0.3, 0.4) is 0 Å². The zero-order valence-electron chi connectivity index (χ0n) is 59.2. The second kappa shape index (κ2) is 38.2. The first kappa shape index (κ1) is 81.4. The maximum atomic E-state index is 14.9. The topological polar surface area (TPSA) is 306 Å². The van der Waals surface area contributed by atoms with Gasteiger partial charge in [-0.05, 0) is 121 Å². The van der Waals surface area contributed by atoms with Crippen molar-refractivity contribution in [1.29, 1.82) is 0 Å². The molecule has 1 aliphatic heterocycles. The van der Waals surface area contributed by atoms with Gasteiger partial charge in [0.05, 0.1) is 35.8 Å². The first-order chi connectivity index (χ1) is 44.5. The lowest BCUT2D eigenvalue weighted by molar-refractivity contribution is -0.149. The lowest BCUT2D eigenvalue weighted by Gasteiger charge is -2.41. The van der Waals surface area contributed by atoms with E-state index in [2.05, 4.69) is 35.6 Å². The zero-order chi connectivity index (χ0) is 71.3. The Morgan fingerprint density at radius 1 is 0.726 bits per heavy atom. The summed E-state index contributed by atoms with van der Waals surface area (Å²) in [4.78, 5) is 143. The summed E-state index contributed by atoms with van der Waals surface area (Å²) in [6.07, 6.45) is 4.11. The molecule has 2 aromatic rings. The van der Waals surface area contributed by atoms with Crippen LogP contribution in [0, 0.1) is 59.2 Å². The van der Waals surface area contributed by atoms with Crippen LogP contribution in [0.4, 0.5) is 16.4 Å². The van der Waals surface area contributed by atoms with Gasteiger partial charge in [0.15, 0.2) is 5.78 Å². The number of anilines is 2. The molecule has 0 bridgehead atoms. The van der Waals surface area contributed by atoms with Crippen molar-refractivity contribution >= 4 is 98.0 Å². The molecule has 1 aliphatic carbocycles. The van der Waals surface area contributed by atoms with Gasteiger partial charge in [0, 0.05) is 96.6 Å². The molecule has 0 radical (unpaired) electrons. The van der Waals surface area contributed by atoms with Crippen molar-refractivity contribution in [2.24, 2.45) is 59.2 Å². The van der Waals surface area contributed by atoms with Crippen molar-refractivity contribution in [2.45, 2.75) is 216 Å². The minimum Gasteiger partial charge on any atom is -0.445 e. The molecule has 1 aromatic carbocycles. The molecule has 0 spiro atoms. The number of hydrogen-bond acceptors (Lipinski definition) is 17. The Balaban J connectivity index is 1.33. The first-order valence-electron chi connectivity index (χ1n) is 33.9. The molecule has 4 N–H and O–H groups in total. The first-order valence-corrected chi connectivity index (χ1v) is 36.2. The van der Waals surface area contributed by atoms with E-state index in [1.807, 2.05) is 76.2 Å². The number of likely N-dealkylation sites (N-methyl/N-ethyl adjacent to an activating group) is 2. The fourth-order valence-electron chi connectivity index (χ4n) is 12.5. The van der Waals surface area contributed by atoms with E-state index in [0.717, 1.165) is 12.8 Å². The Hall–Kier alpha value is -6.05. The molecule has 4 rings (SSSR count). The number of likely N-dealkylation sites (tertiary alicyclic amines) is 1. The van der Waals surface area contributed by atoms with Crippen LogP contribution < -0.4 is 20.7 Å². The van der Waals surface area contributed by atoms with Gasteiger partial charge in [-0.15, -0.1) is 0 Å². The highest BCUT2D eigenvalue weighted by Gasteiger charge is 2.44. The predicted octanol–water partition coefficient (Wildman–Crippen LogP) is 9.62. The van der Waals surface area contributed by atoms with Crippen LogP contribution in [0.1, 0.15) is 179 Å². The van der Waals surface area contributed by atoms with Crippen LogP contribution in [0.2, 0.25) is 10.6 Å². The number of unbranched alkanes of at least 4 members (excludes halogenated alkanes) is 2. The molecular formula is C68H109Cl2N11O13S. The molecule has 24 nitrogen and oxygen atoms in total. The summed E-state index contributed by atoms with van der Waals surface area (Å²) >= 11 is 11.6. The van der Waals surface area contributed by atoms with Crippen LogP contribution in [-0.4, -0.2) is 179 Å². The van der Waals surface area contributed by atoms with E-state index >= 15 is 0 Å². The highest BCUT2D eigenvalue weighted by Crippen LogP contribution is 2.33. The lowest BCUT2D eigenvalue weighted by Crippen LogP contribution is -2.55. The quantitative estimate of drug-likeness (QED) is 0.0451. The van der Waals surface area contributed by atoms with Gasteiger partial charge in [-0.25, -0.2) is 13.2 Å². The zero-order valence-corrected chi connectivity index (χ0v) is 61.5. The Morgan fingerprint density at radius 2 is 1.35 bits per heavy atom. The number of rotatable bonds is 40. The number of hydrogen-bond donors (Lipinski definition) is 4. The molecule has 11 atom stereocenters. The van der Waals surface area contributed by atoms with Gasteiger partial charge in [-0.1, -0.05) is 115 Å². The number of halogens is 2. The molecule has 534 valence electrons. The van der Waals surface area contributed by atoms with Crippen molar-refractivity contribution in [3.63, 3.8) is 0 Å². The molecule has 1 saturated carbocycles. The Bertz CT molecular complexity index is 3010. The number of amides is 7. The number of ketones is 2. The second-order valence-electron chi connectivity index (χ2n) is 27.9. The number of sulfonamides is 1. The van der Waals surface area contributed by atoms with Crippen LogP contribution in [-0.2, 0) is 64.5 Å². The van der Waals surface area contributed by atoms with Crippen molar-refractivity contribution < 1.29 is 61.0 Å². The molecule has 2 heterocycles. The summed E-state index contributed by atoms with van der Waals surface area (Å²) in [6.45, 7) is 25.2. The van der Waals surface area contributed by atoms with E-state index in [1.165, 1.54) is 24.0 Å². The fraction of sp³-hybridized carbons (Fsp3) is 0.735. The minimum atomic E-state index is -3.83. The van der Waals surface area contributed by atoms with Crippen LogP contribution >= 0.6 is 23.2 Å². The fourth-order valence-corrected chi connectivity index (χ4v) is 14.2. The minimum absolute atomic E-state index is 0.0116. The van der Waals surface area contributed by atoms with Gasteiger partial charge >= 0.3 is 6.09 Å². The third kappa shape index (κ3) is 24.8. The highest BCUT2D eigenvalue weighted by molar-refractivity contribution is 7.90. The number of carbonyl (C=O) groups is 9. The largest absolute Gasteiger partial charge is 0.445 e. The number of carbonyl (C=O) groups excluding carboxylic acids is 9. The van der Waals surface area contributed by atoms with Gasteiger partial charge in [-0.2, -0.15) is 15.0 Å². The Morgan fingerprint density at radius 3 is 1.91 bits per heavy atom. The Kier molecular flexibility index (Phi) is 32.7. The number of benzene rings is 1. The number of aromatic nitrogens is 3. The number of Topliss-reactive ketones (excluding diaryl/α,β-unsaturated/α-hetero) is 2. The molecule has 7 amide bonds. The summed E-state index contributed by atoms with van der Waals surface area (Å²) in [5.41, 5.74) is 1.12. The number of nitrogens with one attached hydrogen (secondary N) is 4. The molecule has 1 aromatic heterocycles. The van der Waals surface area contributed by atoms with Crippen LogP contribution in [0.5, 0.6) is 0 Å². The second-order valence-corrected chi connectivity index (χ2v) is 30.5. The third-order valence-electron chi connectivity index (χ3n) is 18.8. The van der Waals surface area contributed by atoms with Gasteiger partial charge in [0.2, 0.25) is 56.1 Å². The van der Waals surface area contributed by atoms with E-state index in [4.69, 9.17) is 32.7 Å². The summed E-state index contributed by atoms with van der Waals surface area (Å²) in [6, 6.07) is 3.87. The maximum absolute atomic E-state index is 14.9. The maximum Gasteiger partial charge on any atom is 0.410 e. The van der Waals surface area contributed by atoms with Gasteiger partial charge in [-0.3, -0.25) is 43.1 Å². The van der Waals surface area contributed by atoms with Gasteiger partial charge < -0.3 is 45.0 Å². The SMILES string of the molecule is CC[C@H](C)[C@@H]([C@@H](CC(=O)N1CCC[C@H]1[C@H](C)[C@@H](C)C(=O)N[C@@H](CC(C)C)C(=O)NS(=O)(=O)C1CC1)OC)N(C)C(=O)[C@@H](CN(C)C(=O)[C@@H](CC(=O)[C@H](C(C)C)N(C)C(=O)OCc1ccc(NC(=O)[C@H](C)CC(=O)CCCCCNc2nc(Cl)nc(Cl)n2)cc1)C(C)C)C(C)C. The normalized spacial score (nSPS) is 17.4. The summed E-state index contributed by atoms with van der Waals surface area (Å²) in [5, 5.41) is 8.06. The molecule has 2 aliphatic rings. The average Bonchev–Trinajstić information content (AvgIpc) is 1.81. The van der Waals surface area contributed by atoms with E-state index in [0.29, 0.717) is 69.3 Å². The number of nitrogens with zero attached hydrogens (tertiary/aromatic N) is 7. The lowest BCUT2D eigenvalue weighted by atomic mass is 9.84. The van der Waals surface area contributed by atoms with Crippen molar-refractivity contribution in [3.8, 4) is 0 Å². The average molecular weight is 1390 g/mol. The molecule has 95 heavy (non-hydrogen) atoms. The van der Waals surface area contributed by atoms with Crippen molar-refractivity contribution in [2.75, 3.05) is 58.5 Å². The number of methoxy groups -OCH3 is 1. The van der Waals surface area contributed by atoms with E-state index < -0.39 is 81.1 Å².